The van der Waals surface area contributed by atoms with E-state index in [1.54, 1.807) is 6.07 Å². The van der Waals surface area contributed by atoms with E-state index < -0.39 is 0 Å². The molecule has 0 saturated carbocycles. The molecule has 6 heteroatoms. The van der Waals surface area contributed by atoms with Crippen molar-refractivity contribution in [2.24, 2.45) is 0 Å². The maximum atomic E-state index is 12.4. The van der Waals surface area contributed by atoms with Crippen LogP contribution in [0.4, 0.5) is 5.69 Å². The van der Waals surface area contributed by atoms with Crippen molar-refractivity contribution in [3.8, 4) is 22.8 Å². The van der Waals surface area contributed by atoms with Gasteiger partial charge in [0, 0.05) is 46.9 Å². The van der Waals surface area contributed by atoms with E-state index >= 15 is 0 Å². The maximum absolute atomic E-state index is 12.4. The summed E-state index contributed by atoms with van der Waals surface area (Å²) < 4.78 is 12.7. The summed E-state index contributed by atoms with van der Waals surface area (Å²) >= 11 is 3.53. The molecule has 0 bridgehead atoms. The van der Waals surface area contributed by atoms with Crippen LogP contribution in [0.5, 0.6) is 11.5 Å². The van der Waals surface area contributed by atoms with E-state index in [2.05, 4.69) is 37.9 Å². The molecule has 0 atom stereocenters. The molecule has 0 amide bonds. The number of hydrogen-bond acceptors (Lipinski definition) is 4. The molecule has 5 nitrogen and oxygen atoms in total. The first-order valence-electron chi connectivity index (χ1n) is 9.33. The van der Waals surface area contributed by atoms with Gasteiger partial charge in [0.2, 0.25) is 5.56 Å². The normalized spacial score (nSPS) is 15.5. The second-order valence-corrected chi connectivity index (χ2v) is 7.96. The number of ether oxygens (including phenoxy) is 2. The number of H-pyrrole nitrogens is 1. The molecule has 3 aromatic rings. The number of anilines is 1. The Hall–Kier alpha value is -2.57. The van der Waals surface area contributed by atoms with Crippen molar-refractivity contribution in [2.45, 2.75) is 6.42 Å². The number of aromatic amines is 1. The summed E-state index contributed by atoms with van der Waals surface area (Å²) in [5.74, 6) is 1.67. The zero-order valence-electron chi connectivity index (χ0n) is 15.2. The molecular weight excluding hydrogens is 420 g/mol. The Morgan fingerprint density at radius 2 is 1.86 bits per heavy atom. The summed E-state index contributed by atoms with van der Waals surface area (Å²) in [4.78, 5) is 17.5. The molecular formula is C22H19BrN2O3. The Morgan fingerprint density at radius 3 is 2.71 bits per heavy atom. The molecule has 5 rings (SSSR count). The fourth-order valence-corrected chi connectivity index (χ4v) is 4.24. The fourth-order valence-electron chi connectivity index (χ4n) is 3.84. The highest BCUT2D eigenvalue weighted by molar-refractivity contribution is 9.10. The van der Waals surface area contributed by atoms with Gasteiger partial charge in [0.1, 0.15) is 11.5 Å². The summed E-state index contributed by atoms with van der Waals surface area (Å²) in [7, 11) is 0. The molecule has 2 aliphatic rings. The van der Waals surface area contributed by atoms with Gasteiger partial charge in [-0.05, 0) is 35.9 Å². The van der Waals surface area contributed by atoms with Gasteiger partial charge in [-0.2, -0.15) is 0 Å². The van der Waals surface area contributed by atoms with Crippen molar-refractivity contribution < 1.29 is 9.47 Å². The van der Waals surface area contributed by atoms with Crippen molar-refractivity contribution in [2.75, 3.05) is 31.2 Å². The van der Waals surface area contributed by atoms with E-state index in [1.165, 1.54) is 0 Å². The molecule has 0 spiro atoms. The number of para-hydroxylation sites is 1. The van der Waals surface area contributed by atoms with Crippen LogP contribution in [0.2, 0.25) is 0 Å². The van der Waals surface area contributed by atoms with Crippen LogP contribution in [0, 0.1) is 0 Å². The number of fused-ring (bicyclic) bond motifs is 2. The van der Waals surface area contributed by atoms with Gasteiger partial charge in [-0.25, -0.2) is 0 Å². The Bertz CT molecular complexity index is 1100. The zero-order valence-corrected chi connectivity index (χ0v) is 16.8. The molecule has 2 aromatic carbocycles. The van der Waals surface area contributed by atoms with Gasteiger partial charge in [-0.1, -0.05) is 28.1 Å². The lowest BCUT2D eigenvalue weighted by Crippen LogP contribution is -2.36. The zero-order chi connectivity index (χ0) is 19.1. The Balaban J connectivity index is 1.57. The highest BCUT2D eigenvalue weighted by Gasteiger charge is 2.22. The van der Waals surface area contributed by atoms with Crippen LogP contribution in [0.25, 0.3) is 11.3 Å². The van der Waals surface area contributed by atoms with Gasteiger partial charge in [-0.15, -0.1) is 0 Å². The number of pyridine rings is 1. The minimum absolute atomic E-state index is 0.114. The Morgan fingerprint density at radius 1 is 1.00 bits per heavy atom. The molecule has 0 aliphatic carbocycles. The van der Waals surface area contributed by atoms with Crippen molar-refractivity contribution in [1.29, 1.82) is 0 Å². The molecule has 142 valence electrons. The quantitative estimate of drug-likeness (QED) is 0.505. The molecule has 0 radical (unpaired) electrons. The van der Waals surface area contributed by atoms with Crippen LogP contribution in [-0.2, 0) is 11.2 Å². The number of aromatic nitrogens is 1. The molecule has 1 saturated heterocycles. The van der Waals surface area contributed by atoms with Gasteiger partial charge in [0.05, 0.1) is 18.9 Å². The van der Waals surface area contributed by atoms with E-state index in [4.69, 9.17) is 9.47 Å². The third-order valence-electron chi connectivity index (χ3n) is 5.21. The van der Waals surface area contributed by atoms with E-state index in [1.807, 2.05) is 30.3 Å². The summed E-state index contributed by atoms with van der Waals surface area (Å²) in [5, 5.41) is 0. The standard InChI is InChI=1S/C22H19BrN2O3/c23-16-4-5-20-15(11-16)10-14-2-1-3-18(22(14)28-20)19-12-17(13-21(26)24-19)25-6-8-27-9-7-25/h1-5,11-13H,6-10H2,(H,24,26). The van der Waals surface area contributed by atoms with Crippen LogP contribution in [-0.4, -0.2) is 31.3 Å². The third kappa shape index (κ3) is 3.23. The second-order valence-electron chi connectivity index (χ2n) is 7.04. The molecule has 1 N–H and O–H groups in total. The summed E-state index contributed by atoms with van der Waals surface area (Å²) in [6.45, 7) is 2.93. The van der Waals surface area contributed by atoms with Crippen LogP contribution in [0.3, 0.4) is 0 Å². The predicted molar refractivity (Wildman–Crippen MR) is 113 cm³/mol. The van der Waals surface area contributed by atoms with Crippen LogP contribution in [0.1, 0.15) is 11.1 Å². The van der Waals surface area contributed by atoms with Crippen molar-refractivity contribution in [3.63, 3.8) is 0 Å². The molecule has 28 heavy (non-hydrogen) atoms. The summed E-state index contributed by atoms with van der Waals surface area (Å²) in [6, 6.07) is 15.8. The lowest BCUT2D eigenvalue weighted by molar-refractivity contribution is 0.122. The van der Waals surface area contributed by atoms with Crippen LogP contribution < -0.4 is 15.2 Å². The summed E-state index contributed by atoms with van der Waals surface area (Å²) in [6.07, 6.45) is 0.797. The maximum Gasteiger partial charge on any atom is 0.250 e. The van der Waals surface area contributed by atoms with Crippen molar-refractivity contribution >= 4 is 21.6 Å². The molecule has 2 aliphatic heterocycles. The average molecular weight is 439 g/mol. The van der Waals surface area contributed by atoms with Gasteiger partial charge in [-0.3, -0.25) is 4.79 Å². The van der Waals surface area contributed by atoms with Crippen LogP contribution in [0.15, 0.2) is 57.8 Å². The highest BCUT2D eigenvalue weighted by Crippen LogP contribution is 2.43. The minimum atomic E-state index is -0.114. The minimum Gasteiger partial charge on any atom is -0.456 e. The Kier molecular flexibility index (Phi) is 4.45. The van der Waals surface area contributed by atoms with E-state index in [0.29, 0.717) is 13.2 Å². The van der Waals surface area contributed by atoms with Crippen LogP contribution >= 0.6 is 15.9 Å². The number of hydrogen-bond donors (Lipinski definition) is 1. The lowest BCUT2D eigenvalue weighted by atomic mass is 9.96. The van der Waals surface area contributed by atoms with Gasteiger partial charge < -0.3 is 19.4 Å². The lowest BCUT2D eigenvalue weighted by Gasteiger charge is -2.29. The molecule has 3 heterocycles. The first kappa shape index (κ1) is 17.5. The number of nitrogens with zero attached hydrogens (tertiary/aromatic N) is 1. The number of benzene rings is 2. The summed E-state index contributed by atoms with van der Waals surface area (Å²) in [5.41, 5.74) is 4.73. The van der Waals surface area contributed by atoms with E-state index in [9.17, 15) is 4.79 Å². The highest BCUT2D eigenvalue weighted by atomic mass is 79.9. The van der Waals surface area contributed by atoms with Crippen molar-refractivity contribution in [3.05, 3.63) is 74.5 Å². The van der Waals surface area contributed by atoms with Gasteiger partial charge in [0.15, 0.2) is 0 Å². The van der Waals surface area contributed by atoms with Gasteiger partial charge >= 0.3 is 0 Å². The topological polar surface area (TPSA) is 54.6 Å². The van der Waals surface area contributed by atoms with E-state index in [-0.39, 0.29) is 5.56 Å². The Labute approximate surface area is 171 Å². The fraction of sp³-hybridized carbons (Fsp3) is 0.227. The van der Waals surface area contributed by atoms with E-state index in [0.717, 1.165) is 63.6 Å². The smallest absolute Gasteiger partial charge is 0.250 e. The number of nitrogens with one attached hydrogen (secondary N) is 1. The number of rotatable bonds is 2. The first-order chi connectivity index (χ1) is 13.7. The number of halogens is 1. The predicted octanol–water partition coefficient (Wildman–Crippen LogP) is 4.34. The molecule has 1 aromatic heterocycles. The largest absolute Gasteiger partial charge is 0.456 e. The van der Waals surface area contributed by atoms with Gasteiger partial charge in [0.25, 0.3) is 0 Å². The molecule has 1 fully saturated rings. The number of morpholine rings is 1. The third-order valence-corrected chi connectivity index (χ3v) is 5.70. The molecule has 0 unspecified atom stereocenters. The van der Waals surface area contributed by atoms with Crippen molar-refractivity contribution in [1.82, 2.24) is 4.98 Å². The second kappa shape index (κ2) is 7.11. The SMILES string of the molecule is O=c1cc(N2CCOCC2)cc(-c2cccc3c2Oc2ccc(Br)cc2C3)[nH]1. The average Bonchev–Trinajstić information content (AvgIpc) is 2.72. The monoisotopic (exact) mass is 438 g/mol. The first-order valence-corrected chi connectivity index (χ1v) is 10.1.